The van der Waals surface area contributed by atoms with Crippen LogP contribution in [0.25, 0.3) is 10.9 Å². The van der Waals surface area contributed by atoms with Crippen molar-refractivity contribution < 1.29 is 13.9 Å². The second-order valence-corrected chi connectivity index (χ2v) is 8.17. The van der Waals surface area contributed by atoms with Gasteiger partial charge in [0.2, 0.25) is 0 Å². The van der Waals surface area contributed by atoms with Crippen LogP contribution < -0.4 is 15.0 Å². The molecule has 2 aliphatic heterocycles. The van der Waals surface area contributed by atoms with Gasteiger partial charge in [0.05, 0.1) is 11.2 Å². The number of ether oxygens (including phenoxy) is 1. The van der Waals surface area contributed by atoms with Gasteiger partial charge in [0, 0.05) is 49.5 Å². The quantitative estimate of drug-likeness (QED) is 0.701. The molecule has 0 spiro atoms. The summed E-state index contributed by atoms with van der Waals surface area (Å²) in [6.07, 6.45) is 0.720. The molecule has 0 radical (unpaired) electrons. The normalized spacial score (nSPS) is 16.7. The van der Waals surface area contributed by atoms with Gasteiger partial charge in [0.15, 0.2) is 18.2 Å². The summed E-state index contributed by atoms with van der Waals surface area (Å²) in [6.45, 7) is 6.49. The van der Waals surface area contributed by atoms with E-state index in [9.17, 15) is 9.18 Å². The van der Waals surface area contributed by atoms with E-state index in [1.165, 1.54) is 17.1 Å². The van der Waals surface area contributed by atoms with E-state index >= 15 is 0 Å². The standard InChI is InChI=1S/C24H25FN4O2/c1-16-5-6-18-20(26-16)3-2-4-22(18)29-11-9-28(10-12-29)8-7-17-13-19(25)24-21(14-17)27-23(30)15-31-24/h2-6,13-14H,7-12,15H2,1H3,(H,27,30). The molecule has 1 aromatic heterocycles. The van der Waals surface area contributed by atoms with Crippen molar-refractivity contribution in [1.82, 2.24) is 9.88 Å². The lowest BCUT2D eigenvalue weighted by Gasteiger charge is -2.36. The number of aromatic nitrogens is 1. The van der Waals surface area contributed by atoms with E-state index in [2.05, 4.69) is 50.4 Å². The lowest BCUT2D eigenvalue weighted by Crippen LogP contribution is -2.47. The third-order valence-electron chi connectivity index (χ3n) is 6.00. The smallest absolute Gasteiger partial charge is 0.262 e. The van der Waals surface area contributed by atoms with Gasteiger partial charge < -0.3 is 15.0 Å². The first-order valence-electron chi connectivity index (χ1n) is 10.7. The molecule has 0 bridgehead atoms. The number of nitrogens with zero attached hydrogens (tertiary/aromatic N) is 3. The summed E-state index contributed by atoms with van der Waals surface area (Å²) in [7, 11) is 0. The highest BCUT2D eigenvalue weighted by Gasteiger charge is 2.22. The van der Waals surface area contributed by atoms with E-state index < -0.39 is 5.82 Å². The van der Waals surface area contributed by atoms with Crippen molar-refractivity contribution in [2.75, 3.05) is 49.5 Å². The molecule has 1 N–H and O–H groups in total. The lowest BCUT2D eigenvalue weighted by atomic mass is 10.1. The number of pyridine rings is 1. The molecule has 0 saturated carbocycles. The number of amides is 1. The Hall–Kier alpha value is -3.19. The minimum atomic E-state index is -0.419. The fourth-order valence-corrected chi connectivity index (χ4v) is 4.37. The monoisotopic (exact) mass is 420 g/mol. The Morgan fingerprint density at radius 3 is 2.81 bits per heavy atom. The van der Waals surface area contributed by atoms with E-state index in [1.54, 1.807) is 0 Å². The maximum atomic E-state index is 14.3. The minimum absolute atomic E-state index is 0.136. The highest BCUT2D eigenvalue weighted by atomic mass is 19.1. The van der Waals surface area contributed by atoms with Gasteiger partial charge in [0.25, 0.3) is 5.91 Å². The van der Waals surface area contributed by atoms with E-state index in [0.29, 0.717) is 5.69 Å². The average molecular weight is 420 g/mol. The molecule has 2 aromatic carbocycles. The number of benzene rings is 2. The molecular weight excluding hydrogens is 395 g/mol. The molecule has 1 amide bonds. The van der Waals surface area contributed by atoms with Gasteiger partial charge in [-0.3, -0.25) is 14.7 Å². The van der Waals surface area contributed by atoms with Crippen molar-refractivity contribution >= 4 is 28.2 Å². The van der Waals surface area contributed by atoms with Crippen LogP contribution in [0.2, 0.25) is 0 Å². The number of carbonyl (C=O) groups excluding carboxylic acids is 1. The molecule has 1 saturated heterocycles. The summed E-state index contributed by atoms with van der Waals surface area (Å²) in [5.74, 6) is -0.534. The predicted octanol–water partition coefficient (Wildman–Crippen LogP) is 3.38. The van der Waals surface area contributed by atoms with Crippen molar-refractivity contribution in [1.29, 1.82) is 0 Å². The number of anilines is 2. The molecule has 0 aliphatic carbocycles. The van der Waals surface area contributed by atoms with Crippen LogP contribution in [0.5, 0.6) is 5.75 Å². The first-order valence-corrected chi connectivity index (χ1v) is 10.7. The van der Waals surface area contributed by atoms with Crippen LogP contribution in [0.4, 0.5) is 15.8 Å². The number of nitrogens with one attached hydrogen (secondary N) is 1. The largest absolute Gasteiger partial charge is 0.478 e. The van der Waals surface area contributed by atoms with Gasteiger partial charge in [-0.1, -0.05) is 6.07 Å². The number of aryl methyl sites for hydroxylation is 1. The summed E-state index contributed by atoms with van der Waals surface area (Å²) in [5.41, 5.74) is 4.58. The molecule has 0 atom stereocenters. The Bertz CT molecular complexity index is 1140. The van der Waals surface area contributed by atoms with Gasteiger partial charge in [0.1, 0.15) is 0 Å². The van der Waals surface area contributed by atoms with Gasteiger partial charge >= 0.3 is 0 Å². The molecule has 2 aliphatic rings. The summed E-state index contributed by atoms with van der Waals surface area (Å²) in [4.78, 5) is 21.0. The van der Waals surface area contributed by atoms with Crippen LogP contribution in [0.15, 0.2) is 42.5 Å². The zero-order valence-electron chi connectivity index (χ0n) is 17.5. The second kappa shape index (κ2) is 8.15. The van der Waals surface area contributed by atoms with E-state index in [4.69, 9.17) is 4.74 Å². The molecule has 3 aromatic rings. The van der Waals surface area contributed by atoms with Crippen LogP contribution in [0.3, 0.4) is 0 Å². The van der Waals surface area contributed by atoms with Gasteiger partial charge in [-0.15, -0.1) is 0 Å². The van der Waals surface area contributed by atoms with E-state index in [-0.39, 0.29) is 18.3 Å². The van der Waals surface area contributed by atoms with Crippen molar-refractivity contribution in [3.05, 3.63) is 59.5 Å². The first-order chi connectivity index (χ1) is 15.1. The molecule has 7 heteroatoms. The number of rotatable bonds is 4. The number of halogens is 1. The number of piperazine rings is 1. The van der Waals surface area contributed by atoms with Gasteiger partial charge in [-0.2, -0.15) is 0 Å². The first kappa shape index (κ1) is 19.8. The number of hydrogen-bond acceptors (Lipinski definition) is 5. The summed E-state index contributed by atoms with van der Waals surface area (Å²) in [6, 6.07) is 13.9. The molecule has 5 rings (SSSR count). The van der Waals surface area contributed by atoms with Gasteiger partial charge in [-0.25, -0.2) is 4.39 Å². The highest BCUT2D eigenvalue weighted by molar-refractivity contribution is 5.95. The third kappa shape index (κ3) is 4.05. The SMILES string of the molecule is Cc1ccc2c(N3CCN(CCc4cc(F)c5c(c4)NC(=O)CO5)CC3)cccc2n1. The lowest BCUT2D eigenvalue weighted by molar-refractivity contribution is -0.118. The Balaban J connectivity index is 1.22. The summed E-state index contributed by atoms with van der Waals surface area (Å²) < 4.78 is 19.5. The molecule has 0 unspecified atom stereocenters. The molecule has 31 heavy (non-hydrogen) atoms. The topological polar surface area (TPSA) is 57.7 Å². The van der Waals surface area contributed by atoms with Crippen molar-refractivity contribution in [3.8, 4) is 5.75 Å². The van der Waals surface area contributed by atoms with Crippen molar-refractivity contribution in [2.24, 2.45) is 0 Å². The zero-order valence-corrected chi connectivity index (χ0v) is 17.5. The van der Waals surface area contributed by atoms with E-state index in [0.717, 1.165) is 55.9 Å². The van der Waals surface area contributed by atoms with Crippen molar-refractivity contribution in [2.45, 2.75) is 13.3 Å². The highest BCUT2D eigenvalue weighted by Crippen LogP contribution is 2.32. The summed E-state index contributed by atoms with van der Waals surface area (Å²) in [5, 5.41) is 3.88. The average Bonchev–Trinajstić information content (AvgIpc) is 2.77. The number of carbonyl (C=O) groups is 1. The number of hydrogen-bond donors (Lipinski definition) is 1. The minimum Gasteiger partial charge on any atom is -0.478 e. The van der Waals surface area contributed by atoms with Gasteiger partial charge in [-0.05, 0) is 55.3 Å². The Morgan fingerprint density at radius 2 is 1.97 bits per heavy atom. The Morgan fingerprint density at radius 1 is 1.13 bits per heavy atom. The zero-order chi connectivity index (χ0) is 21.4. The van der Waals surface area contributed by atoms with Crippen LogP contribution in [0.1, 0.15) is 11.3 Å². The predicted molar refractivity (Wildman–Crippen MR) is 119 cm³/mol. The molecule has 3 heterocycles. The fourth-order valence-electron chi connectivity index (χ4n) is 4.37. The second-order valence-electron chi connectivity index (χ2n) is 8.17. The maximum absolute atomic E-state index is 14.3. The number of fused-ring (bicyclic) bond motifs is 2. The van der Waals surface area contributed by atoms with Crippen LogP contribution in [0, 0.1) is 12.7 Å². The van der Waals surface area contributed by atoms with Crippen LogP contribution in [-0.4, -0.2) is 55.1 Å². The molecule has 6 nitrogen and oxygen atoms in total. The van der Waals surface area contributed by atoms with E-state index in [1.807, 2.05) is 13.0 Å². The molecule has 1 fully saturated rings. The Kier molecular flexibility index (Phi) is 5.19. The molecule has 160 valence electrons. The third-order valence-corrected chi connectivity index (χ3v) is 6.00. The summed E-state index contributed by atoms with van der Waals surface area (Å²) >= 11 is 0. The Labute approximate surface area is 180 Å². The van der Waals surface area contributed by atoms with Crippen LogP contribution in [-0.2, 0) is 11.2 Å². The maximum Gasteiger partial charge on any atom is 0.262 e. The van der Waals surface area contributed by atoms with Crippen molar-refractivity contribution in [3.63, 3.8) is 0 Å². The fraction of sp³-hybridized carbons (Fsp3) is 0.333. The van der Waals surface area contributed by atoms with Crippen LogP contribution >= 0.6 is 0 Å². The molecular formula is C24H25FN4O2.